The van der Waals surface area contributed by atoms with E-state index in [4.69, 9.17) is 35.3 Å². The topological polar surface area (TPSA) is 334 Å². The first-order chi connectivity index (χ1) is 19.0. The third kappa shape index (κ3) is 6.89. The summed E-state index contributed by atoms with van der Waals surface area (Å²) < 4.78 is 44.9. The zero-order chi connectivity index (χ0) is 30.4. The third-order valence-corrected chi connectivity index (χ3v) is 8.39. The molecule has 228 valence electrons. The Bertz CT molecular complexity index is 1480. The SMILES string of the molecule is Nc1ccn([C@@H]2O[C@@H](CC(OP(=O)(O)OP(=O)(O)O)[C@H]3O[C@@H](n4ccc(N)nc4=O)[C@H](O)[C@@H]3O)[C@@H](O)[C@H]2O)c(=O)n1. The Hall–Kier alpha value is -2.62. The highest BCUT2D eigenvalue weighted by atomic mass is 31.3. The van der Waals surface area contributed by atoms with Crippen LogP contribution in [0.25, 0.3) is 0 Å². The van der Waals surface area contributed by atoms with Crippen LogP contribution in [0.4, 0.5) is 11.6 Å². The second-order valence-corrected chi connectivity index (χ2v) is 11.8. The molecule has 0 aliphatic carbocycles. The van der Waals surface area contributed by atoms with E-state index >= 15 is 0 Å². The van der Waals surface area contributed by atoms with Gasteiger partial charge in [-0.3, -0.25) is 13.7 Å². The summed E-state index contributed by atoms with van der Waals surface area (Å²) in [6.07, 6.45) is -14.7. The first-order valence-electron chi connectivity index (χ1n) is 11.5. The standard InChI is InChI=1S/C18H26N6O15P2/c19-8-1-3-23(17(29)21-8)15-12(27)10(25)6(36-15)5-7(38-41(34,35)39-40(31,32)33)14-11(26)13(28)16(37-14)24-4-2-9(20)22-18(24)30/h1-4,6-7,10-16,25-28H,5H2,(H,34,35)(H2,19,21,29)(H2,20,22,30)(H2,31,32,33)/t6-,7?,10+,11-,12+,13+,14+,15+,16+/m0/s1. The van der Waals surface area contributed by atoms with Crippen LogP contribution in [0.15, 0.2) is 34.1 Å². The molecule has 2 aromatic heterocycles. The van der Waals surface area contributed by atoms with E-state index in [1.807, 2.05) is 0 Å². The van der Waals surface area contributed by atoms with Crippen molar-refractivity contribution in [3.63, 3.8) is 0 Å². The van der Waals surface area contributed by atoms with Gasteiger partial charge in [0.05, 0.1) is 6.10 Å². The second-order valence-electron chi connectivity index (χ2n) is 9.02. The van der Waals surface area contributed by atoms with Crippen LogP contribution in [-0.4, -0.2) is 96.9 Å². The Balaban J connectivity index is 1.64. The molecule has 41 heavy (non-hydrogen) atoms. The molecule has 21 nitrogen and oxygen atoms in total. The molecule has 11 N–H and O–H groups in total. The van der Waals surface area contributed by atoms with Crippen LogP contribution < -0.4 is 22.8 Å². The molecule has 2 unspecified atom stereocenters. The van der Waals surface area contributed by atoms with Crippen LogP contribution in [0, 0.1) is 0 Å². The van der Waals surface area contributed by atoms with Crippen molar-refractivity contribution in [1.82, 2.24) is 19.1 Å². The maximum absolute atomic E-state index is 12.4. The summed E-state index contributed by atoms with van der Waals surface area (Å²) in [5.74, 6) is -0.326. The summed E-state index contributed by atoms with van der Waals surface area (Å²) >= 11 is 0. The van der Waals surface area contributed by atoms with Gasteiger partial charge in [0.15, 0.2) is 12.5 Å². The summed E-state index contributed by atoms with van der Waals surface area (Å²) in [5.41, 5.74) is 8.91. The quantitative estimate of drug-likeness (QED) is 0.119. The lowest BCUT2D eigenvalue weighted by Gasteiger charge is -2.29. The monoisotopic (exact) mass is 628 g/mol. The number of hydrogen-bond acceptors (Lipinski definition) is 16. The zero-order valence-corrected chi connectivity index (χ0v) is 22.2. The lowest BCUT2D eigenvalue weighted by molar-refractivity contribution is -0.107. The van der Waals surface area contributed by atoms with Crippen LogP contribution in [0.2, 0.25) is 0 Å². The van der Waals surface area contributed by atoms with E-state index < -0.39 is 88.6 Å². The molecule has 4 rings (SSSR count). The minimum absolute atomic E-state index is 0.149. The Morgan fingerprint density at radius 3 is 1.83 bits per heavy atom. The van der Waals surface area contributed by atoms with E-state index in [1.54, 1.807) is 0 Å². The molecule has 2 aliphatic rings. The number of nitrogens with zero attached hydrogens (tertiary/aromatic N) is 4. The number of nitrogens with two attached hydrogens (primary N) is 2. The van der Waals surface area contributed by atoms with Gasteiger partial charge in [0.1, 0.15) is 48.3 Å². The fourth-order valence-electron chi connectivity index (χ4n) is 4.41. The molecule has 2 saturated heterocycles. The molecule has 0 radical (unpaired) electrons. The van der Waals surface area contributed by atoms with E-state index in [0.717, 1.165) is 21.5 Å². The predicted molar refractivity (Wildman–Crippen MR) is 130 cm³/mol. The average molecular weight is 628 g/mol. The van der Waals surface area contributed by atoms with Crippen LogP contribution in [0.5, 0.6) is 0 Å². The fraction of sp³-hybridized carbons (Fsp3) is 0.556. The molecule has 2 aliphatic heterocycles. The number of phosphoric ester groups is 1. The molecule has 23 heteroatoms. The van der Waals surface area contributed by atoms with Gasteiger partial charge >= 0.3 is 27.0 Å². The van der Waals surface area contributed by atoms with E-state index in [0.29, 0.717) is 0 Å². The van der Waals surface area contributed by atoms with Gasteiger partial charge in [-0.05, 0) is 12.1 Å². The molecule has 4 heterocycles. The highest BCUT2D eigenvalue weighted by molar-refractivity contribution is 7.60. The molecule has 10 atom stereocenters. The van der Waals surface area contributed by atoms with Crippen molar-refractivity contribution in [2.45, 2.75) is 61.6 Å². The average Bonchev–Trinajstić information content (AvgIpc) is 3.27. The van der Waals surface area contributed by atoms with Crippen molar-refractivity contribution in [3.8, 4) is 0 Å². The molecule has 2 fully saturated rings. The van der Waals surface area contributed by atoms with E-state index in [1.165, 1.54) is 12.1 Å². The molecular weight excluding hydrogens is 602 g/mol. The zero-order valence-electron chi connectivity index (χ0n) is 20.4. The van der Waals surface area contributed by atoms with Gasteiger partial charge in [0, 0.05) is 18.8 Å². The summed E-state index contributed by atoms with van der Waals surface area (Å²) in [5, 5.41) is 42.5. The Morgan fingerprint density at radius 1 is 0.854 bits per heavy atom. The predicted octanol–water partition coefficient (Wildman–Crippen LogP) is -4.11. The maximum atomic E-state index is 12.4. The van der Waals surface area contributed by atoms with Gasteiger partial charge in [-0.2, -0.15) is 14.3 Å². The summed E-state index contributed by atoms with van der Waals surface area (Å²) in [4.78, 5) is 59.4. The van der Waals surface area contributed by atoms with Gasteiger partial charge in [0.2, 0.25) is 0 Å². The first-order valence-corrected chi connectivity index (χ1v) is 14.5. The highest BCUT2D eigenvalue weighted by Crippen LogP contribution is 2.59. The van der Waals surface area contributed by atoms with Crippen LogP contribution in [0.3, 0.4) is 0 Å². The third-order valence-electron chi connectivity index (χ3n) is 6.17. The van der Waals surface area contributed by atoms with Crippen molar-refractivity contribution >= 4 is 27.3 Å². The number of nitrogen functional groups attached to an aromatic ring is 2. The molecule has 2 aromatic rings. The molecular formula is C18H26N6O15P2. The molecule has 0 aromatic carbocycles. The minimum atomic E-state index is -5.67. The van der Waals surface area contributed by atoms with E-state index in [2.05, 4.69) is 14.3 Å². The number of aliphatic hydroxyl groups is 4. The van der Waals surface area contributed by atoms with Gasteiger partial charge in [0.25, 0.3) is 0 Å². The summed E-state index contributed by atoms with van der Waals surface area (Å²) in [7, 11) is -11.3. The number of aromatic nitrogens is 4. The van der Waals surface area contributed by atoms with Gasteiger partial charge in [-0.1, -0.05) is 0 Å². The maximum Gasteiger partial charge on any atom is 0.481 e. The number of rotatable bonds is 9. The van der Waals surface area contributed by atoms with E-state index in [9.17, 15) is 44.0 Å². The largest absolute Gasteiger partial charge is 0.481 e. The highest BCUT2D eigenvalue weighted by Gasteiger charge is 2.53. The first kappa shape index (κ1) is 31.3. The van der Waals surface area contributed by atoms with Crippen LogP contribution in [0.1, 0.15) is 18.9 Å². The number of aliphatic hydroxyl groups excluding tert-OH is 4. The number of hydrogen-bond donors (Lipinski definition) is 9. The number of phosphoric acid groups is 2. The molecule has 0 spiro atoms. The molecule has 0 saturated carbocycles. The molecule has 0 amide bonds. The number of anilines is 2. The lowest BCUT2D eigenvalue weighted by atomic mass is 9.98. The normalized spacial score (nSPS) is 32.6. The van der Waals surface area contributed by atoms with E-state index in [-0.39, 0.29) is 11.6 Å². The summed E-state index contributed by atoms with van der Waals surface area (Å²) in [6, 6.07) is 2.36. The van der Waals surface area contributed by atoms with Gasteiger partial charge in [-0.15, -0.1) is 0 Å². The van der Waals surface area contributed by atoms with Crippen molar-refractivity contribution in [3.05, 3.63) is 45.5 Å². The van der Waals surface area contributed by atoms with Crippen LogP contribution in [-0.2, 0) is 27.4 Å². The minimum Gasteiger partial charge on any atom is -0.388 e. The fourth-order valence-corrected chi connectivity index (χ4v) is 6.18. The van der Waals surface area contributed by atoms with Gasteiger partial charge < -0.3 is 56.0 Å². The smallest absolute Gasteiger partial charge is 0.388 e. The molecule has 0 bridgehead atoms. The Kier molecular flexibility index (Phi) is 8.84. The second kappa shape index (κ2) is 11.6. The Morgan fingerprint density at radius 2 is 1.34 bits per heavy atom. The van der Waals surface area contributed by atoms with Crippen molar-refractivity contribution < 1.29 is 62.5 Å². The van der Waals surface area contributed by atoms with Crippen molar-refractivity contribution in [2.75, 3.05) is 11.5 Å². The van der Waals surface area contributed by atoms with Crippen molar-refractivity contribution in [1.29, 1.82) is 0 Å². The van der Waals surface area contributed by atoms with Gasteiger partial charge in [-0.25, -0.2) is 18.7 Å². The van der Waals surface area contributed by atoms with Crippen LogP contribution >= 0.6 is 15.6 Å². The lowest BCUT2D eigenvalue weighted by Crippen LogP contribution is -2.43. The summed E-state index contributed by atoms with van der Waals surface area (Å²) in [6.45, 7) is 0. The Labute approximate surface area is 228 Å². The van der Waals surface area contributed by atoms with Crippen molar-refractivity contribution in [2.24, 2.45) is 0 Å². The number of ether oxygens (including phenoxy) is 2.